The minimum Gasteiger partial charge on any atom is -0.494 e. The predicted octanol–water partition coefficient (Wildman–Crippen LogP) is 3.33. The first-order valence-corrected chi connectivity index (χ1v) is 11.5. The van der Waals surface area contributed by atoms with Crippen molar-refractivity contribution < 1.29 is 9.84 Å². The summed E-state index contributed by atoms with van der Waals surface area (Å²) in [7, 11) is 9.47. The molecule has 2 heterocycles. The molecule has 1 aromatic heterocycles. The number of rotatable bonds is 8. The quantitative estimate of drug-likeness (QED) is 0.400. The third-order valence-corrected chi connectivity index (χ3v) is 6.17. The van der Waals surface area contributed by atoms with E-state index in [0.29, 0.717) is 33.9 Å². The average molecular weight is 499 g/mol. The van der Waals surface area contributed by atoms with E-state index in [1.165, 1.54) is 0 Å². The Morgan fingerprint density at radius 2 is 1.91 bits per heavy atom. The number of aliphatic hydroxyl groups excluding tert-OH is 1. The average Bonchev–Trinajstić information content (AvgIpc) is 3.07. The lowest BCUT2D eigenvalue weighted by Crippen LogP contribution is -2.38. The lowest BCUT2D eigenvalue weighted by molar-refractivity contribution is 0.188. The molecule has 2 aromatic carbocycles. The summed E-state index contributed by atoms with van der Waals surface area (Å²) in [5.41, 5.74) is 10.1. The second-order valence-electron chi connectivity index (χ2n) is 8.66. The number of hydrogen-bond donors (Lipinski definition) is 3. The molecule has 186 valence electrons. The van der Waals surface area contributed by atoms with Gasteiger partial charge < -0.3 is 35.6 Å². The highest BCUT2D eigenvalue weighted by molar-refractivity contribution is 6.31. The van der Waals surface area contributed by atoms with Crippen LogP contribution in [-0.2, 0) is 0 Å². The fraction of sp³-hybridized carbons (Fsp3) is 0.333. The number of likely N-dealkylation sites (N-methyl/N-ethyl adjacent to an activating group) is 2. The van der Waals surface area contributed by atoms with Crippen molar-refractivity contribution in [1.82, 2.24) is 14.9 Å². The normalized spacial score (nSPS) is 14.9. The second kappa shape index (κ2) is 10.0. The number of methoxy groups -OCH3 is 1. The number of benzene rings is 2. The molecule has 0 saturated heterocycles. The van der Waals surface area contributed by atoms with Crippen molar-refractivity contribution >= 4 is 51.8 Å². The molecule has 11 heteroatoms. The minimum absolute atomic E-state index is 0.339. The fourth-order valence-corrected chi connectivity index (χ4v) is 4.13. The first-order valence-electron chi connectivity index (χ1n) is 11.1. The third kappa shape index (κ3) is 5.00. The Kier molecular flexibility index (Phi) is 7.06. The molecule has 0 radical (unpaired) electrons. The minimum atomic E-state index is -0.937. The number of nitrogens with zero attached hydrogens (tertiary/aromatic N) is 6. The van der Waals surface area contributed by atoms with E-state index in [2.05, 4.69) is 25.1 Å². The Hall–Kier alpha value is -3.47. The lowest BCUT2D eigenvalue weighted by atomic mass is 10.2. The molecule has 10 nitrogen and oxygen atoms in total. The van der Waals surface area contributed by atoms with Crippen LogP contribution in [0.3, 0.4) is 0 Å². The molecule has 1 atom stereocenters. The number of halogens is 1. The highest BCUT2D eigenvalue weighted by Gasteiger charge is 2.34. The first kappa shape index (κ1) is 24.6. The highest BCUT2D eigenvalue weighted by atomic mass is 35.5. The zero-order valence-electron chi connectivity index (χ0n) is 20.5. The van der Waals surface area contributed by atoms with Gasteiger partial charge in [0.2, 0.25) is 12.3 Å². The van der Waals surface area contributed by atoms with Crippen LogP contribution in [0.15, 0.2) is 42.6 Å². The fourth-order valence-electron chi connectivity index (χ4n) is 3.96. The number of anilines is 7. The van der Waals surface area contributed by atoms with Gasteiger partial charge in [0, 0.05) is 44.5 Å². The van der Waals surface area contributed by atoms with E-state index in [1.54, 1.807) is 42.3 Å². The van der Waals surface area contributed by atoms with Crippen molar-refractivity contribution in [2.45, 2.75) is 6.35 Å². The molecule has 1 aliphatic heterocycles. The molecule has 0 bridgehead atoms. The summed E-state index contributed by atoms with van der Waals surface area (Å²) in [6.07, 6.45) is 0.693. The van der Waals surface area contributed by atoms with Gasteiger partial charge in [-0.15, -0.1) is 0 Å². The monoisotopic (exact) mass is 498 g/mol. The maximum Gasteiger partial charge on any atom is 0.229 e. The zero-order valence-corrected chi connectivity index (χ0v) is 21.3. The molecular weight excluding hydrogens is 468 g/mol. The van der Waals surface area contributed by atoms with Crippen LogP contribution in [0.1, 0.15) is 0 Å². The van der Waals surface area contributed by atoms with Gasteiger partial charge in [-0.2, -0.15) is 4.98 Å². The number of fused-ring (bicyclic) bond motifs is 1. The summed E-state index contributed by atoms with van der Waals surface area (Å²) in [5, 5.41) is 14.7. The SMILES string of the molecule is COc1cc(N(C)CCN(C)C)c(N)cc1Nc1nccc(N2c3ccc(Cl)cc3N(C)C2O)n1. The van der Waals surface area contributed by atoms with E-state index >= 15 is 0 Å². The second-order valence-corrected chi connectivity index (χ2v) is 9.10. The summed E-state index contributed by atoms with van der Waals surface area (Å²) in [4.78, 5) is 16.6. The first-order chi connectivity index (χ1) is 16.7. The topological polar surface area (TPSA) is 106 Å². The number of aliphatic hydroxyl groups is 1. The van der Waals surface area contributed by atoms with Crippen LogP contribution in [0.5, 0.6) is 5.75 Å². The van der Waals surface area contributed by atoms with E-state index in [1.807, 2.05) is 45.4 Å². The predicted molar refractivity (Wildman–Crippen MR) is 143 cm³/mol. The largest absolute Gasteiger partial charge is 0.494 e. The number of hydrogen-bond acceptors (Lipinski definition) is 10. The summed E-state index contributed by atoms with van der Waals surface area (Å²) in [6.45, 7) is 1.71. The van der Waals surface area contributed by atoms with Crippen molar-refractivity contribution in [3.8, 4) is 5.75 Å². The van der Waals surface area contributed by atoms with Crippen molar-refractivity contribution in [1.29, 1.82) is 0 Å². The van der Waals surface area contributed by atoms with Crippen LogP contribution in [0, 0.1) is 0 Å². The summed E-state index contributed by atoms with van der Waals surface area (Å²) < 4.78 is 5.63. The molecule has 3 aromatic rings. The van der Waals surface area contributed by atoms with Gasteiger partial charge in [-0.05, 0) is 44.4 Å². The van der Waals surface area contributed by atoms with Gasteiger partial charge in [0.15, 0.2) is 0 Å². The Morgan fingerprint density at radius 3 is 2.63 bits per heavy atom. The van der Waals surface area contributed by atoms with E-state index < -0.39 is 6.35 Å². The summed E-state index contributed by atoms with van der Waals surface area (Å²) in [6, 6.07) is 10.9. The Morgan fingerprint density at radius 1 is 1.14 bits per heavy atom. The van der Waals surface area contributed by atoms with Crippen molar-refractivity contribution in [2.75, 3.05) is 74.1 Å². The van der Waals surface area contributed by atoms with Crippen molar-refractivity contribution in [2.24, 2.45) is 0 Å². The maximum atomic E-state index is 10.9. The molecule has 0 amide bonds. The lowest BCUT2D eigenvalue weighted by Gasteiger charge is -2.25. The van der Waals surface area contributed by atoms with Gasteiger partial charge in [-0.1, -0.05) is 11.6 Å². The van der Waals surface area contributed by atoms with Crippen molar-refractivity contribution in [3.63, 3.8) is 0 Å². The standard InChI is InChI=1S/C24H31ClN8O2/c1-30(2)10-11-31(3)19-14-21(35-5)17(13-16(19)26)28-23-27-9-8-22(29-23)33-18-7-6-15(25)12-20(18)32(4)24(33)34/h6-9,12-14,24,34H,10-11,26H2,1-5H3,(H,27,28,29). The molecule has 0 spiro atoms. The molecule has 0 fully saturated rings. The molecule has 4 N–H and O–H groups in total. The van der Waals surface area contributed by atoms with Gasteiger partial charge in [-0.25, -0.2) is 4.98 Å². The summed E-state index contributed by atoms with van der Waals surface area (Å²) >= 11 is 6.16. The van der Waals surface area contributed by atoms with Crippen LogP contribution >= 0.6 is 11.6 Å². The van der Waals surface area contributed by atoms with Crippen LogP contribution in [0.25, 0.3) is 0 Å². The van der Waals surface area contributed by atoms with Crippen molar-refractivity contribution in [3.05, 3.63) is 47.6 Å². The summed E-state index contributed by atoms with van der Waals surface area (Å²) in [5.74, 6) is 1.47. The Balaban J connectivity index is 1.61. The van der Waals surface area contributed by atoms with Crippen LogP contribution in [0.2, 0.25) is 5.02 Å². The van der Waals surface area contributed by atoms with E-state index in [0.717, 1.165) is 30.2 Å². The Labute approximate surface area is 210 Å². The zero-order chi connectivity index (χ0) is 25.3. The number of nitrogens with two attached hydrogens (primary N) is 1. The number of ether oxygens (including phenoxy) is 1. The third-order valence-electron chi connectivity index (χ3n) is 5.93. The van der Waals surface area contributed by atoms with Gasteiger partial charge in [0.1, 0.15) is 11.6 Å². The molecular formula is C24H31ClN8O2. The number of nitrogens with one attached hydrogen (secondary N) is 1. The molecule has 4 rings (SSSR count). The molecule has 35 heavy (non-hydrogen) atoms. The molecule has 0 saturated carbocycles. The Bertz CT molecular complexity index is 1210. The van der Waals surface area contributed by atoms with Crippen LogP contribution in [0.4, 0.5) is 40.2 Å². The van der Waals surface area contributed by atoms with Gasteiger partial charge in [-0.3, -0.25) is 4.90 Å². The molecule has 0 aliphatic carbocycles. The van der Waals surface area contributed by atoms with Crippen LogP contribution in [-0.4, -0.2) is 74.7 Å². The van der Waals surface area contributed by atoms with E-state index in [9.17, 15) is 5.11 Å². The number of aromatic nitrogens is 2. The van der Waals surface area contributed by atoms with E-state index in [-0.39, 0.29) is 0 Å². The van der Waals surface area contributed by atoms with Gasteiger partial charge in [0.05, 0.1) is 35.5 Å². The smallest absolute Gasteiger partial charge is 0.229 e. The molecule has 1 aliphatic rings. The molecule has 1 unspecified atom stereocenters. The van der Waals surface area contributed by atoms with E-state index in [4.69, 9.17) is 22.1 Å². The maximum absolute atomic E-state index is 10.9. The number of nitrogen functional groups attached to an aromatic ring is 1. The van der Waals surface area contributed by atoms with Gasteiger partial charge >= 0.3 is 0 Å². The highest BCUT2D eigenvalue weighted by Crippen LogP contribution is 2.43. The van der Waals surface area contributed by atoms with Crippen LogP contribution < -0.4 is 30.5 Å². The van der Waals surface area contributed by atoms with Gasteiger partial charge in [0.25, 0.3) is 0 Å².